The van der Waals surface area contributed by atoms with Crippen LogP contribution in [0, 0.1) is 6.92 Å². The number of hydrogen-bond acceptors (Lipinski definition) is 6. The van der Waals surface area contributed by atoms with Crippen molar-refractivity contribution in [3.8, 4) is 0 Å². The molecule has 0 atom stereocenters. The number of thioether (sulfide) groups is 1. The average Bonchev–Trinajstić information content (AvgIpc) is 3.11. The van der Waals surface area contributed by atoms with Crippen molar-refractivity contribution in [2.75, 3.05) is 7.11 Å². The van der Waals surface area contributed by atoms with Crippen LogP contribution in [0.2, 0.25) is 0 Å². The fourth-order valence-electron chi connectivity index (χ4n) is 3.13. The highest BCUT2D eigenvalue weighted by Crippen LogP contribution is 2.22. The average molecular weight is 420 g/mol. The van der Waals surface area contributed by atoms with Gasteiger partial charge in [-0.15, -0.1) is 0 Å². The number of H-pyrrole nitrogens is 2. The molecule has 0 aliphatic rings. The molecule has 4 aromatic rings. The minimum atomic E-state index is -0.466. The predicted octanol–water partition coefficient (Wildman–Crippen LogP) is 3.62. The van der Waals surface area contributed by atoms with Gasteiger partial charge in [0.25, 0.3) is 5.56 Å². The number of carbonyl (C=O) groups is 1. The Morgan fingerprint density at radius 1 is 1.10 bits per heavy atom. The molecule has 0 saturated heterocycles. The standard InChI is InChI=1S/C22H20N4O3S/c1-13-17(10-14-6-4-3-5-7-14)25-22(23-13)30-12-19-24-18-11-15(21(28)29-2)8-9-16(18)20(27)26-19/h3-9,11H,10,12H2,1-2H3,(H,23,25)(H,24,26,27). The Morgan fingerprint density at radius 2 is 1.90 bits per heavy atom. The molecule has 2 heterocycles. The molecule has 0 spiro atoms. The van der Waals surface area contributed by atoms with Crippen LogP contribution in [0.3, 0.4) is 0 Å². The number of esters is 1. The van der Waals surface area contributed by atoms with E-state index >= 15 is 0 Å². The maximum atomic E-state index is 12.4. The van der Waals surface area contributed by atoms with E-state index in [9.17, 15) is 9.59 Å². The summed E-state index contributed by atoms with van der Waals surface area (Å²) >= 11 is 1.46. The van der Waals surface area contributed by atoms with E-state index in [-0.39, 0.29) is 5.56 Å². The number of benzene rings is 2. The number of aromatic amines is 2. The fourth-order valence-corrected chi connectivity index (χ4v) is 3.94. The first-order chi connectivity index (χ1) is 14.5. The minimum absolute atomic E-state index is 0.243. The molecule has 2 aromatic heterocycles. The summed E-state index contributed by atoms with van der Waals surface area (Å²) in [6, 6.07) is 14.9. The van der Waals surface area contributed by atoms with E-state index in [0.717, 1.165) is 23.0 Å². The Morgan fingerprint density at radius 3 is 2.67 bits per heavy atom. The van der Waals surface area contributed by atoms with E-state index in [1.807, 2.05) is 25.1 Å². The zero-order valence-electron chi connectivity index (χ0n) is 16.6. The van der Waals surface area contributed by atoms with Crippen LogP contribution in [0.4, 0.5) is 0 Å². The van der Waals surface area contributed by atoms with Gasteiger partial charge in [0, 0.05) is 12.1 Å². The molecule has 152 valence electrons. The van der Waals surface area contributed by atoms with Gasteiger partial charge in [0.05, 0.1) is 35.0 Å². The predicted molar refractivity (Wildman–Crippen MR) is 116 cm³/mol. The zero-order chi connectivity index (χ0) is 21.1. The lowest BCUT2D eigenvalue weighted by Crippen LogP contribution is -2.12. The molecule has 0 bridgehead atoms. The molecule has 0 saturated carbocycles. The summed E-state index contributed by atoms with van der Waals surface area (Å²) in [5.41, 5.74) is 3.78. The lowest BCUT2D eigenvalue weighted by molar-refractivity contribution is 0.0601. The topological polar surface area (TPSA) is 101 Å². The molecule has 0 radical (unpaired) electrons. The van der Waals surface area contributed by atoms with Gasteiger partial charge in [-0.1, -0.05) is 42.1 Å². The van der Waals surface area contributed by atoms with Gasteiger partial charge in [0.2, 0.25) is 0 Å². The molecule has 0 aliphatic carbocycles. The molecule has 2 aromatic carbocycles. The largest absolute Gasteiger partial charge is 0.465 e. The molecular weight excluding hydrogens is 400 g/mol. The van der Waals surface area contributed by atoms with Crippen LogP contribution in [-0.2, 0) is 16.9 Å². The third kappa shape index (κ3) is 4.28. The zero-order valence-corrected chi connectivity index (χ0v) is 17.4. The second-order valence-electron chi connectivity index (χ2n) is 6.80. The normalized spacial score (nSPS) is 11.0. The Bertz CT molecular complexity index is 1260. The Kier molecular flexibility index (Phi) is 5.67. The lowest BCUT2D eigenvalue weighted by atomic mass is 10.1. The monoisotopic (exact) mass is 420 g/mol. The Hall–Kier alpha value is -3.39. The summed E-state index contributed by atoms with van der Waals surface area (Å²) < 4.78 is 4.74. The summed E-state index contributed by atoms with van der Waals surface area (Å²) in [6.45, 7) is 2.00. The number of aromatic nitrogens is 4. The van der Waals surface area contributed by atoms with E-state index in [1.54, 1.807) is 18.2 Å². The molecule has 7 nitrogen and oxygen atoms in total. The summed E-state index contributed by atoms with van der Waals surface area (Å²) in [4.78, 5) is 39.4. The lowest BCUT2D eigenvalue weighted by Gasteiger charge is -2.04. The van der Waals surface area contributed by atoms with Crippen LogP contribution in [0.15, 0.2) is 58.5 Å². The third-order valence-corrected chi connectivity index (χ3v) is 5.59. The van der Waals surface area contributed by atoms with E-state index < -0.39 is 5.97 Å². The third-order valence-electron chi connectivity index (χ3n) is 4.70. The van der Waals surface area contributed by atoms with Crippen molar-refractivity contribution in [2.45, 2.75) is 24.3 Å². The van der Waals surface area contributed by atoms with Crippen LogP contribution in [-0.4, -0.2) is 33.0 Å². The van der Waals surface area contributed by atoms with Crippen molar-refractivity contribution < 1.29 is 9.53 Å². The summed E-state index contributed by atoms with van der Waals surface area (Å²) in [5, 5.41) is 1.19. The van der Waals surface area contributed by atoms with Crippen molar-refractivity contribution in [2.24, 2.45) is 0 Å². The van der Waals surface area contributed by atoms with E-state index in [4.69, 9.17) is 4.74 Å². The molecule has 8 heteroatoms. The number of rotatable bonds is 6. The van der Waals surface area contributed by atoms with Gasteiger partial charge in [-0.05, 0) is 30.7 Å². The fraction of sp³-hybridized carbons (Fsp3) is 0.182. The van der Waals surface area contributed by atoms with Gasteiger partial charge in [-0.25, -0.2) is 14.8 Å². The molecule has 0 unspecified atom stereocenters. The van der Waals surface area contributed by atoms with Crippen molar-refractivity contribution in [3.05, 3.63) is 87.2 Å². The van der Waals surface area contributed by atoms with Crippen LogP contribution in [0.25, 0.3) is 10.9 Å². The summed E-state index contributed by atoms with van der Waals surface area (Å²) in [5.74, 6) is 0.482. The highest BCUT2D eigenvalue weighted by Gasteiger charge is 2.12. The quantitative estimate of drug-likeness (QED) is 0.365. The molecule has 4 rings (SSSR count). The molecule has 2 N–H and O–H groups in total. The van der Waals surface area contributed by atoms with Gasteiger partial charge >= 0.3 is 5.97 Å². The first kappa shape index (κ1) is 19.9. The van der Waals surface area contributed by atoms with Crippen LogP contribution in [0.1, 0.15) is 33.1 Å². The highest BCUT2D eigenvalue weighted by atomic mass is 32.2. The second-order valence-corrected chi connectivity index (χ2v) is 7.76. The molecular formula is C22H20N4O3S. The number of nitrogens with one attached hydrogen (secondary N) is 2. The Balaban J connectivity index is 1.53. The van der Waals surface area contributed by atoms with E-state index in [1.165, 1.54) is 24.4 Å². The number of fused-ring (bicyclic) bond motifs is 1. The van der Waals surface area contributed by atoms with Crippen molar-refractivity contribution in [1.82, 2.24) is 19.9 Å². The number of carbonyl (C=O) groups excluding carboxylic acids is 1. The summed E-state index contributed by atoms with van der Waals surface area (Å²) in [6.07, 6.45) is 0.755. The number of aryl methyl sites for hydroxylation is 1. The number of hydrogen-bond donors (Lipinski definition) is 2. The number of methoxy groups -OCH3 is 1. The highest BCUT2D eigenvalue weighted by molar-refractivity contribution is 7.98. The molecule has 0 fully saturated rings. The first-order valence-corrected chi connectivity index (χ1v) is 10.4. The number of imidazole rings is 1. The second kappa shape index (κ2) is 8.54. The van der Waals surface area contributed by atoms with Gasteiger partial charge < -0.3 is 14.7 Å². The van der Waals surface area contributed by atoms with E-state index in [0.29, 0.717) is 28.0 Å². The first-order valence-electron chi connectivity index (χ1n) is 9.37. The number of ether oxygens (including phenoxy) is 1. The maximum absolute atomic E-state index is 12.4. The Labute approximate surface area is 176 Å². The SMILES string of the molecule is COC(=O)c1ccc2c(=O)[nH]c(CSc3nc(Cc4ccccc4)c(C)[nH]3)nc2c1. The number of nitrogens with zero attached hydrogens (tertiary/aromatic N) is 2. The van der Waals surface area contributed by atoms with Gasteiger partial charge in [0.1, 0.15) is 5.82 Å². The van der Waals surface area contributed by atoms with Gasteiger partial charge in [-0.3, -0.25) is 4.79 Å². The van der Waals surface area contributed by atoms with Gasteiger partial charge in [0.15, 0.2) is 5.16 Å². The minimum Gasteiger partial charge on any atom is -0.465 e. The molecule has 0 amide bonds. The van der Waals surface area contributed by atoms with Crippen molar-refractivity contribution >= 4 is 28.6 Å². The van der Waals surface area contributed by atoms with Crippen LogP contribution < -0.4 is 5.56 Å². The molecule has 30 heavy (non-hydrogen) atoms. The van der Waals surface area contributed by atoms with E-state index in [2.05, 4.69) is 32.1 Å². The molecule has 0 aliphatic heterocycles. The summed E-state index contributed by atoms with van der Waals surface area (Å²) in [7, 11) is 1.32. The van der Waals surface area contributed by atoms with Crippen molar-refractivity contribution in [1.29, 1.82) is 0 Å². The van der Waals surface area contributed by atoms with Crippen LogP contribution >= 0.6 is 11.8 Å². The smallest absolute Gasteiger partial charge is 0.337 e. The van der Waals surface area contributed by atoms with Gasteiger partial charge in [-0.2, -0.15) is 0 Å². The maximum Gasteiger partial charge on any atom is 0.337 e. The van der Waals surface area contributed by atoms with Crippen LogP contribution in [0.5, 0.6) is 0 Å². The van der Waals surface area contributed by atoms with Crippen molar-refractivity contribution in [3.63, 3.8) is 0 Å².